The summed E-state index contributed by atoms with van der Waals surface area (Å²) in [5.41, 5.74) is 1.42. The van der Waals surface area contributed by atoms with Crippen molar-refractivity contribution in [2.75, 3.05) is 38.7 Å². The number of carbonyl (C=O) groups excluding carboxylic acids is 2. The number of hydrogen-bond acceptors (Lipinski definition) is 6. The van der Waals surface area contributed by atoms with E-state index in [-0.39, 0.29) is 23.6 Å². The summed E-state index contributed by atoms with van der Waals surface area (Å²) in [5.74, 6) is 0.207. The first-order chi connectivity index (χ1) is 14.1. The SMILES string of the molecule is COCCOc1ncccc1C(=O)N1CCCC(C(=O)Nc2ccc(C)cn2)C1. The number of methoxy groups -OCH3 is 1. The lowest BCUT2D eigenvalue weighted by Gasteiger charge is -2.32. The van der Waals surface area contributed by atoms with Crippen molar-refractivity contribution in [2.24, 2.45) is 5.92 Å². The third-order valence-electron chi connectivity index (χ3n) is 4.77. The van der Waals surface area contributed by atoms with E-state index in [1.54, 1.807) is 42.6 Å². The Kier molecular flexibility index (Phi) is 7.13. The molecule has 154 valence electrons. The molecule has 1 saturated heterocycles. The van der Waals surface area contributed by atoms with Crippen molar-refractivity contribution in [3.8, 4) is 5.88 Å². The summed E-state index contributed by atoms with van der Waals surface area (Å²) >= 11 is 0. The standard InChI is InChI=1S/C21H26N4O4/c1-15-7-8-18(23-13-15)24-19(26)16-5-4-10-25(14-16)21(27)17-6-3-9-22-20(17)29-12-11-28-2/h3,6-9,13,16H,4-5,10-12,14H2,1-2H3,(H,23,24,26). The van der Waals surface area contributed by atoms with Gasteiger partial charge in [-0.15, -0.1) is 0 Å². The zero-order valence-electron chi connectivity index (χ0n) is 16.8. The van der Waals surface area contributed by atoms with Crippen LogP contribution < -0.4 is 10.1 Å². The Bertz CT molecular complexity index is 841. The van der Waals surface area contributed by atoms with Crippen LogP contribution in [0.15, 0.2) is 36.7 Å². The van der Waals surface area contributed by atoms with Crippen molar-refractivity contribution < 1.29 is 19.1 Å². The Morgan fingerprint density at radius 3 is 2.86 bits per heavy atom. The fourth-order valence-electron chi connectivity index (χ4n) is 3.21. The Hall–Kier alpha value is -3.00. The largest absolute Gasteiger partial charge is 0.475 e. The van der Waals surface area contributed by atoms with Crippen molar-refractivity contribution in [3.63, 3.8) is 0 Å². The second-order valence-electron chi connectivity index (χ2n) is 7.00. The third kappa shape index (κ3) is 5.51. The lowest BCUT2D eigenvalue weighted by molar-refractivity contribution is -0.121. The van der Waals surface area contributed by atoms with Crippen molar-refractivity contribution >= 4 is 17.6 Å². The molecule has 0 aromatic carbocycles. The topological polar surface area (TPSA) is 93.7 Å². The minimum absolute atomic E-state index is 0.124. The normalized spacial score (nSPS) is 16.3. The van der Waals surface area contributed by atoms with Gasteiger partial charge >= 0.3 is 0 Å². The average molecular weight is 398 g/mol. The summed E-state index contributed by atoms with van der Waals surface area (Å²) in [4.78, 5) is 35.8. The molecular formula is C21H26N4O4. The quantitative estimate of drug-likeness (QED) is 0.720. The van der Waals surface area contributed by atoms with Gasteiger partial charge in [0.1, 0.15) is 18.0 Å². The van der Waals surface area contributed by atoms with E-state index < -0.39 is 0 Å². The molecule has 8 nitrogen and oxygen atoms in total. The smallest absolute Gasteiger partial charge is 0.259 e. The molecule has 0 radical (unpaired) electrons. The zero-order valence-corrected chi connectivity index (χ0v) is 16.8. The lowest BCUT2D eigenvalue weighted by atomic mass is 9.96. The van der Waals surface area contributed by atoms with E-state index in [0.29, 0.717) is 37.7 Å². The number of carbonyl (C=O) groups is 2. The summed E-state index contributed by atoms with van der Waals surface area (Å²) in [6, 6.07) is 7.07. The number of rotatable bonds is 7. The molecule has 1 unspecified atom stereocenters. The molecule has 0 saturated carbocycles. The molecule has 1 atom stereocenters. The van der Waals surface area contributed by atoms with E-state index in [4.69, 9.17) is 9.47 Å². The molecule has 2 aromatic heterocycles. The van der Waals surface area contributed by atoms with Crippen molar-refractivity contribution in [1.29, 1.82) is 0 Å². The van der Waals surface area contributed by atoms with Crippen LogP contribution in [0.25, 0.3) is 0 Å². The van der Waals surface area contributed by atoms with Gasteiger partial charge in [-0.3, -0.25) is 9.59 Å². The maximum absolute atomic E-state index is 13.0. The van der Waals surface area contributed by atoms with Gasteiger partial charge in [0.2, 0.25) is 11.8 Å². The van der Waals surface area contributed by atoms with E-state index in [1.807, 2.05) is 13.0 Å². The van der Waals surface area contributed by atoms with Crippen molar-refractivity contribution in [2.45, 2.75) is 19.8 Å². The second-order valence-corrected chi connectivity index (χ2v) is 7.00. The maximum atomic E-state index is 13.0. The number of anilines is 1. The molecule has 1 aliphatic rings. The van der Waals surface area contributed by atoms with Crippen LogP contribution >= 0.6 is 0 Å². The number of pyridine rings is 2. The second kappa shape index (κ2) is 9.97. The van der Waals surface area contributed by atoms with Crippen LogP contribution in [-0.2, 0) is 9.53 Å². The molecule has 2 aromatic rings. The molecule has 1 N–H and O–H groups in total. The monoisotopic (exact) mass is 398 g/mol. The molecule has 3 heterocycles. The van der Waals surface area contributed by atoms with Crippen LogP contribution in [0.3, 0.4) is 0 Å². The molecule has 3 rings (SSSR count). The highest BCUT2D eigenvalue weighted by Gasteiger charge is 2.30. The minimum Gasteiger partial charge on any atom is -0.475 e. The van der Waals surface area contributed by atoms with Crippen molar-refractivity contribution in [3.05, 3.63) is 47.8 Å². The van der Waals surface area contributed by atoms with Gasteiger partial charge in [-0.2, -0.15) is 0 Å². The molecule has 2 amide bonds. The molecular weight excluding hydrogens is 372 g/mol. The molecule has 0 aliphatic carbocycles. The highest BCUT2D eigenvalue weighted by molar-refractivity contribution is 5.97. The van der Waals surface area contributed by atoms with Gasteiger partial charge in [0.05, 0.1) is 12.5 Å². The predicted molar refractivity (Wildman–Crippen MR) is 108 cm³/mol. The molecule has 8 heteroatoms. The number of piperidine rings is 1. The molecule has 1 fully saturated rings. The number of amides is 2. The van der Waals surface area contributed by atoms with E-state index in [2.05, 4.69) is 15.3 Å². The number of nitrogens with zero attached hydrogens (tertiary/aromatic N) is 3. The minimum atomic E-state index is -0.287. The van der Waals surface area contributed by atoms with Gasteiger partial charge in [-0.1, -0.05) is 6.07 Å². The Labute approximate surface area is 170 Å². The van der Waals surface area contributed by atoms with Crippen LogP contribution in [0.5, 0.6) is 5.88 Å². The number of nitrogens with one attached hydrogen (secondary N) is 1. The van der Waals surface area contributed by atoms with Gasteiger partial charge in [0.25, 0.3) is 5.91 Å². The Morgan fingerprint density at radius 2 is 2.10 bits per heavy atom. The number of aromatic nitrogens is 2. The van der Waals surface area contributed by atoms with Gasteiger partial charge < -0.3 is 19.7 Å². The number of hydrogen-bond donors (Lipinski definition) is 1. The van der Waals surface area contributed by atoms with E-state index >= 15 is 0 Å². The Morgan fingerprint density at radius 1 is 1.24 bits per heavy atom. The van der Waals surface area contributed by atoms with Crippen LogP contribution in [0.2, 0.25) is 0 Å². The summed E-state index contributed by atoms with van der Waals surface area (Å²) in [5, 5.41) is 2.84. The summed E-state index contributed by atoms with van der Waals surface area (Å²) in [6.45, 7) is 3.60. The van der Waals surface area contributed by atoms with E-state index in [9.17, 15) is 9.59 Å². The first kappa shape index (κ1) is 20.7. The summed E-state index contributed by atoms with van der Waals surface area (Å²) in [7, 11) is 1.58. The third-order valence-corrected chi connectivity index (χ3v) is 4.77. The van der Waals surface area contributed by atoms with E-state index in [0.717, 1.165) is 18.4 Å². The highest BCUT2D eigenvalue weighted by atomic mass is 16.5. The van der Waals surface area contributed by atoms with Crippen molar-refractivity contribution in [1.82, 2.24) is 14.9 Å². The number of ether oxygens (including phenoxy) is 2. The summed E-state index contributed by atoms with van der Waals surface area (Å²) in [6.07, 6.45) is 4.77. The predicted octanol–water partition coefficient (Wildman–Crippen LogP) is 2.30. The van der Waals surface area contributed by atoms with Crippen LogP contribution in [-0.4, -0.2) is 60.1 Å². The van der Waals surface area contributed by atoms with Crippen LogP contribution in [0.4, 0.5) is 5.82 Å². The van der Waals surface area contributed by atoms with Gasteiger partial charge in [-0.05, 0) is 43.5 Å². The maximum Gasteiger partial charge on any atom is 0.259 e. The first-order valence-electron chi connectivity index (χ1n) is 9.68. The van der Waals surface area contributed by atoms with Crippen LogP contribution in [0.1, 0.15) is 28.8 Å². The Balaban J connectivity index is 1.65. The highest BCUT2D eigenvalue weighted by Crippen LogP contribution is 2.23. The van der Waals surface area contributed by atoms with Gasteiger partial charge in [0.15, 0.2) is 0 Å². The zero-order chi connectivity index (χ0) is 20.6. The number of aryl methyl sites for hydroxylation is 1. The number of likely N-dealkylation sites (tertiary alicyclic amines) is 1. The lowest BCUT2D eigenvalue weighted by Crippen LogP contribution is -2.44. The molecule has 29 heavy (non-hydrogen) atoms. The van der Waals surface area contributed by atoms with E-state index in [1.165, 1.54) is 0 Å². The van der Waals surface area contributed by atoms with Crippen LogP contribution in [0, 0.1) is 12.8 Å². The first-order valence-corrected chi connectivity index (χ1v) is 9.68. The van der Waals surface area contributed by atoms with Gasteiger partial charge in [0, 0.05) is 32.6 Å². The molecule has 0 spiro atoms. The average Bonchev–Trinajstić information content (AvgIpc) is 2.75. The summed E-state index contributed by atoms with van der Waals surface area (Å²) < 4.78 is 10.6. The van der Waals surface area contributed by atoms with Gasteiger partial charge in [-0.25, -0.2) is 9.97 Å². The fraction of sp³-hybridized carbons (Fsp3) is 0.429. The molecule has 0 bridgehead atoms. The fourth-order valence-corrected chi connectivity index (χ4v) is 3.21. The molecule has 1 aliphatic heterocycles.